The molecule has 0 spiro atoms. The molecule has 0 saturated carbocycles. The summed E-state index contributed by atoms with van der Waals surface area (Å²) in [4.78, 5) is 24.8. The van der Waals surface area contributed by atoms with Crippen molar-refractivity contribution in [2.75, 3.05) is 0 Å². The molecule has 2 atom stereocenters. The molecule has 2 aromatic rings. The van der Waals surface area contributed by atoms with Gasteiger partial charge in [0.1, 0.15) is 18.2 Å². The molecule has 1 amide bonds. The summed E-state index contributed by atoms with van der Waals surface area (Å²) in [6.07, 6.45) is 5.65. The molecule has 1 aliphatic rings. The highest BCUT2D eigenvalue weighted by Gasteiger charge is 2.31. The number of carbonyl (C=O) groups is 1. The van der Waals surface area contributed by atoms with Gasteiger partial charge >= 0.3 is 5.69 Å². The Morgan fingerprint density at radius 2 is 2.08 bits per heavy atom. The molecule has 0 bridgehead atoms. The van der Waals surface area contributed by atoms with Gasteiger partial charge in [-0.05, 0) is 45.2 Å². The van der Waals surface area contributed by atoms with E-state index in [-0.39, 0.29) is 30.2 Å². The highest BCUT2D eigenvalue weighted by Crippen LogP contribution is 2.25. The third kappa shape index (κ3) is 3.17. The van der Waals surface area contributed by atoms with E-state index in [0.29, 0.717) is 11.5 Å². The lowest BCUT2D eigenvalue weighted by Gasteiger charge is -2.38. The average Bonchev–Trinajstić information content (AvgIpc) is 3.17. The zero-order chi connectivity index (χ0) is 17.3. The summed E-state index contributed by atoms with van der Waals surface area (Å²) >= 11 is 0. The van der Waals surface area contributed by atoms with Crippen LogP contribution in [0.3, 0.4) is 0 Å². The van der Waals surface area contributed by atoms with Gasteiger partial charge in [-0.25, -0.2) is 0 Å². The predicted octanol–water partition coefficient (Wildman–Crippen LogP) is 2.84. The van der Waals surface area contributed by atoms with Crippen LogP contribution in [0.1, 0.15) is 49.4 Å². The Bertz CT molecular complexity index is 741. The number of furan rings is 1. The van der Waals surface area contributed by atoms with Crippen molar-refractivity contribution in [3.63, 3.8) is 0 Å². The van der Waals surface area contributed by atoms with E-state index >= 15 is 0 Å². The summed E-state index contributed by atoms with van der Waals surface area (Å²) < 4.78 is 7.06. The monoisotopic (exact) mass is 332 g/mol. The van der Waals surface area contributed by atoms with Crippen LogP contribution in [-0.4, -0.2) is 37.6 Å². The van der Waals surface area contributed by atoms with Crippen molar-refractivity contribution in [3.8, 4) is 0 Å². The highest BCUT2D eigenvalue weighted by molar-refractivity contribution is 5.92. The van der Waals surface area contributed by atoms with Crippen molar-refractivity contribution in [1.29, 1.82) is 0 Å². The van der Waals surface area contributed by atoms with E-state index < -0.39 is 4.92 Å². The van der Waals surface area contributed by atoms with Crippen LogP contribution in [0.4, 0.5) is 5.69 Å². The van der Waals surface area contributed by atoms with Crippen LogP contribution in [0.2, 0.25) is 0 Å². The number of hydrogen-bond acceptors (Lipinski definition) is 5. The van der Waals surface area contributed by atoms with E-state index in [1.807, 2.05) is 4.90 Å². The molecule has 1 saturated heterocycles. The molecular weight excluding hydrogens is 312 g/mol. The van der Waals surface area contributed by atoms with Crippen molar-refractivity contribution in [3.05, 3.63) is 46.2 Å². The van der Waals surface area contributed by atoms with E-state index in [2.05, 4.69) is 18.9 Å². The molecule has 0 aliphatic carbocycles. The van der Waals surface area contributed by atoms with Gasteiger partial charge in [0.25, 0.3) is 5.91 Å². The first-order valence-corrected chi connectivity index (χ1v) is 8.04. The lowest BCUT2D eigenvalue weighted by atomic mass is 9.97. The Morgan fingerprint density at radius 1 is 1.38 bits per heavy atom. The second kappa shape index (κ2) is 6.46. The molecule has 3 rings (SSSR count). The molecule has 0 radical (unpaired) electrons. The van der Waals surface area contributed by atoms with Crippen LogP contribution >= 0.6 is 0 Å². The largest absolute Gasteiger partial charge is 0.454 e. The molecule has 24 heavy (non-hydrogen) atoms. The van der Waals surface area contributed by atoms with Gasteiger partial charge in [0.05, 0.1) is 11.5 Å². The molecule has 0 N–H and O–H groups in total. The standard InChI is InChI=1S/C16H20N4O4/c1-11-4-3-5-12(2)19(11)16(21)15-7-6-14(24-15)10-18-9-13(8-17-18)20(22)23/h6-9,11-12H,3-5,10H2,1-2H3/t11-,12+. The van der Waals surface area contributed by atoms with Gasteiger partial charge in [0.2, 0.25) is 0 Å². The molecular formula is C16H20N4O4. The van der Waals surface area contributed by atoms with Crippen molar-refractivity contribution in [2.24, 2.45) is 0 Å². The van der Waals surface area contributed by atoms with Crippen molar-refractivity contribution >= 4 is 11.6 Å². The highest BCUT2D eigenvalue weighted by atomic mass is 16.6. The Balaban J connectivity index is 1.72. The van der Waals surface area contributed by atoms with E-state index in [1.165, 1.54) is 17.1 Å². The Morgan fingerprint density at radius 3 is 2.71 bits per heavy atom. The molecule has 1 fully saturated rings. The van der Waals surface area contributed by atoms with Gasteiger partial charge in [-0.1, -0.05) is 0 Å². The number of nitro groups is 1. The van der Waals surface area contributed by atoms with Crippen molar-refractivity contribution in [2.45, 2.75) is 51.7 Å². The fraction of sp³-hybridized carbons (Fsp3) is 0.500. The third-order valence-corrected chi connectivity index (χ3v) is 4.45. The topological polar surface area (TPSA) is 94.4 Å². The van der Waals surface area contributed by atoms with Gasteiger partial charge in [0.15, 0.2) is 5.76 Å². The van der Waals surface area contributed by atoms with Crippen LogP contribution in [0.15, 0.2) is 28.9 Å². The van der Waals surface area contributed by atoms with E-state index in [9.17, 15) is 14.9 Å². The first kappa shape index (κ1) is 16.2. The van der Waals surface area contributed by atoms with Gasteiger partial charge < -0.3 is 9.32 Å². The minimum atomic E-state index is -0.500. The number of nitrogens with zero attached hydrogens (tertiary/aromatic N) is 4. The maximum atomic E-state index is 12.7. The summed E-state index contributed by atoms with van der Waals surface area (Å²) in [5.74, 6) is 0.730. The third-order valence-electron chi connectivity index (χ3n) is 4.45. The number of amides is 1. The number of piperidine rings is 1. The molecule has 0 unspecified atom stereocenters. The number of aromatic nitrogens is 2. The number of rotatable bonds is 4. The summed E-state index contributed by atoms with van der Waals surface area (Å²) in [5, 5.41) is 14.6. The van der Waals surface area contributed by atoms with E-state index in [1.54, 1.807) is 12.1 Å². The second-order valence-electron chi connectivity index (χ2n) is 6.26. The molecule has 1 aliphatic heterocycles. The SMILES string of the molecule is C[C@@H]1CCC[C@H](C)N1C(=O)c1ccc(Cn2cc([N+](=O)[O-])cn2)o1. The molecule has 128 valence electrons. The maximum absolute atomic E-state index is 12.7. The summed E-state index contributed by atoms with van der Waals surface area (Å²) in [6, 6.07) is 3.76. The second-order valence-corrected chi connectivity index (χ2v) is 6.26. The smallest absolute Gasteiger partial charge is 0.307 e. The lowest BCUT2D eigenvalue weighted by molar-refractivity contribution is -0.385. The number of hydrogen-bond donors (Lipinski definition) is 0. The van der Waals surface area contributed by atoms with Gasteiger partial charge in [-0.15, -0.1) is 0 Å². The fourth-order valence-electron chi connectivity index (χ4n) is 3.22. The quantitative estimate of drug-likeness (QED) is 0.634. The lowest BCUT2D eigenvalue weighted by Crippen LogP contribution is -2.47. The normalized spacial score (nSPS) is 21.0. The molecule has 0 aromatic carbocycles. The average molecular weight is 332 g/mol. The maximum Gasteiger partial charge on any atom is 0.307 e. The minimum Gasteiger partial charge on any atom is -0.454 e. The van der Waals surface area contributed by atoms with Gasteiger partial charge in [0, 0.05) is 12.1 Å². The minimum absolute atomic E-state index is 0.0752. The summed E-state index contributed by atoms with van der Waals surface area (Å²) in [5.41, 5.74) is -0.0752. The number of likely N-dealkylation sites (tertiary alicyclic amines) is 1. The van der Waals surface area contributed by atoms with Crippen molar-refractivity contribution in [1.82, 2.24) is 14.7 Å². The van der Waals surface area contributed by atoms with Crippen LogP contribution in [-0.2, 0) is 6.54 Å². The first-order chi connectivity index (χ1) is 11.5. The zero-order valence-electron chi connectivity index (χ0n) is 13.7. The Labute approximate surface area is 139 Å². The molecule has 3 heterocycles. The van der Waals surface area contributed by atoms with Crippen LogP contribution in [0.5, 0.6) is 0 Å². The first-order valence-electron chi connectivity index (χ1n) is 8.04. The zero-order valence-corrected chi connectivity index (χ0v) is 13.7. The van der Waals surface area contributed by atoms with Crippen LogP contribution < -0.4 is 0 Å². The fourth-order valence-corrected chi connectivity index (χ4v) is 3.22. The molecule has 8 nitrogen and oxygen atoms in total. The van der Waals surface area contributed by atoms with E-state index in [4.69, 9.17) is 4.42 Å². The van der Waals surface area contributed by atoms with Gasteiger partial charge in [-0.2, -0.15) is 5.10 Å². The predicted molar refractivity (Wildman–Crippen MR) is 85.6 cm³/mol. The summed E-state index contributed by atoms with van der Waals surface area (Å²) in [6.45, 7) is 4.35. The molecule has 2 aromatic heterocycles. The Kier molecular flexibility index (Phi) is 4.37. The van der Waals surface area contributed by atoms with Gasteiger partial charge in [-0.3, -0.25) is 19.6 Å². The molecule has 8 heteroatoms. The van der Waals surface area contributed by atoms with Crippen molar-refractivity contribution < 1.29 is 14.1 Å². The van der Waals surface area contributed by atoms with Crippen LogP contribution in [0, 0.1) is 10.1 Å². The van der Waals surface area contributed by atoms with Crippen LogP contribution in [0.25, 0.3) is 0 Å². The Hall–Kier alpha value is -2.64. The number of carbonyl (C=O) groups excluding carboxylic acids is 1. The van der Waals surface area contributed by atoms with E-state index in [0.717, 1.165) is 19.3 Å². The summed E-state index contributed by atoms with van der Waals surface area (Å²) in [7, 11) is 0.